The first-order chi connectivity index (χ1) is 8.24. The van der Waals surface area contributed by atoms with Gasteiger partial charge in [0.15, 0.2) is 0 Å². The van der Waals surface area contributed by atoms with Gasteiger partial charge in [-0.3, -0.25) is 4.79 Å². The molecule has 5 heteroatoms. The average Bonchev–Trinajstić information content (AvgIpc) is 2.32. The average molecular weight is 237 g/mol. The fourth-order valence-electron chi connectivity index (χ4n) is 1.57. The lowest BCUT2D eigenvalue weighted by Crippen LogP contribution is -2.48. The third kappa shape index (κ3) is 2.50. The number of carbonyl (C=O) groups excluding carboxylic acids is 1. The van der Waals surface area contributed by atoms with Crippen LogP contribution in [0.5, 0.6) is 11.5 Å². The molecule has 1 fully saturated rings. The van der Waals surface area contributed by atoms with E-state index in [1.165, 1.54) is 7.11 Å². The zero-order chi connectivity index (χ0) is 12.3. The van der Waals surface area contributed by atoms with Crippen LogP contribution in [0.4, 0.5) is 0 Å². The van der Waals surface area contributed by atoms with Crippen molar-refractivity contribution in [3.05, 3.63) is 23.8 Å². The van der Waals surface area contributed by atoms with Gasteiger partial charge >= 0.3 is 0 Å². The number of hydrogen-bond acceptors (Lipinski definition) is 4. The minimum atomic E-state index is -0.172. The molecule has 1 N–H and O–H groups in total. The lowest BCUT2D eigenvalue weighted by Gasteiger charge is -2.27. The van der Waals surface area contributed by atoms with Crippen molar-refractivity contribution in [1.82, 2.24) is 5.32 Å². The van der Waals surface area contributed by atoms with Gasteiger partial charge in [0, 0.05) is 0 Å². The molecular weight excluding hydrogens is 222 g/mol. The Bertz CT molecular complexity index is 415. The van der Waals surface area contributed by atoms with Crippen LogP contribution in [0.1, 0.15) is 10.4 Å². The Kier molecular flexibility index (Phi) is 3.49. The maximum atomic E-state index is 12.0. The van der Waals surface area contributed by atoms with Gasteiger partial charge in [-0.15, -0.1) is 0 Å². The minimum Gasteiger partial charge on any atom is -0.497 e. The largest absolute Gasteiger partial charge is 0.497 e. The monoisotopic (exact) mass is 237 g/mol. The van der Waals surface area contributed by atoms with Crippen molar-refractivity contribution in [3.63, 3.8) is 0 Å². The second kappa shape index (κ2) is 5.05. The predicted molar refractivity (Wildman–Crippen MR) is 61.6 cm³/mol. The van der Waals surface area contributed by atoms with Crippen molar-refractivity contribution in [2.75, 3.05) is 27.4 Å². The van der Waals surface area contributed by atoms with Gasteiger partial charge in [-0.1, -0.05) is 0 Å². The Morgan fingerprint density at radius 3 is 2.65 bits per heavy atom. The fourth-order valence-corrected chi connectivity index (χ4v) is 1.57. The Morgan fingerprint density at radius 2 is 2.12 bits per heavy atom. The van der Waals surface area contributed by atoms with Crippen molar-refractivity contribution in [2.24, 2.45) is 0 Å². The molecule has 2 rings (SSSR count). The van der Waals surface area contributed by atoms with Crippen molar-refractivity contribution < 1.29 is 19.0 Å². The first kappa shape index (κ1) is 11.7. The quantitative estimate of drug-likeness (QED) is 0.842. The smallest absolute Gasteiger partial charge is 0.255 e. The number of methoxy groups -OCH3 is 2. The predicted octanol–water partition coefficient (Wildman–Crippen LogP) is 0.832. The minimum absolute atomic E-state index is 0.0957. The van der Waals surface area contributed by atoms with E-state index in [0.29, 0.717) is 30.3 Å². The number of amides is 1. The number of hydrogen-bond donors (Lipinski definition) is 1. The molecule has 5 nitrogen and oxygen atoms in total. The van der Waals surface area contributed by atoms with Gasteiger partial charge < -0.3 is 19.5 Å². The van der Waals surface area contributed by atoms with Crippen LogP contribution < -0.4 is 14.8 Å². The van der Waals surface area contributed by atoms with Crippen LogP contribution in [-0.4, -0.2) is 39.4 Å². The Hall–Kier alpha value is -1.75. The van der Waals surface area contributed by atoms with E-state index in [0.717, 1.165) is 0 Å². The van der Waals surface area contributed by atoms with Crippen molar-refractivity contribution in [1.29, 1.82) is 0 Å². The van der Waals surface area contributed by atoms with Crippen LogP contribution in [0.2, 0.25) is 0 Å². The Labute approximate surface area is 99.7 Å². The molecule has 0 spiro atoms. The van der Waals surface area contributed by atoms with E-state index in [1.54, 1.807) is 25.3 Å². The molecule has 0 unspecified atom stereocenters. The topological polar surface area (TPSA) is 56.8 Å². The summed E-state index contributed by atoms with van der Waals surface area (Å²) in [6, 6.07) is 5.22. The summed E-state index contributed by atoms with van der Waals surface area (Å²) in [4.78, 5) is 12.0. The van der Waals surface area contributed by atoms with Crippen LogP contribution in [0.15, 0.2) is 18.2 Å². The van der Waals surface area contributed by atoms with E-state index in [4.69, 9.17) is 14.2 Å². The standard InChI is InChI=1S/C12H15NO4/c1-15-9-3-4-11(16-2)10(5-9)12(14)13-8-6-17-7-8/h3-5,8H,6-7H2,1-2H3,(H,13,14). The highest BCUT2D eigenvalue weighted by molar-refractivity contribution is 5.97. The van der Waals surface area contributed by atoms with Crippen molar-refractivity contribution in [3.8, 4) is 11.5 Å². The molecule has 1 aromatic rings. The van der Waals surface area contributed by atoms with Crippen LogP contribution in [0.3, 0.4) is 0 Å². The molecule has 1 saturated heterocycles. The summed E-state index contributed by atoms with van der Waals surface area (Å²) >= 11 is 0. The van der Waals surface area contributed by atoms with E-state index >= 15 is 0 Å². The molecule has 0 aliphatic carbocycles. The third-order valence-electron chi connectivity index (χ3n) is 2.62. The molecule has 1 heterocycles. The number of ether oxygens (including phenoxy) is 3. The zero-order valence-corrected chi connectivity index (χ0v) is 9.86. The normalized spacial score (nSPS) is 14.9. The number of rotatable bonds is 4. The van der Waals surface area contributed by atoms with E-state index < -0.39 is 0 Å². The summed E-state index contributed by atoms with van der Waals surface area (Å²) in [5.41, 5.74) is 0.471. The van der Waals surface area contributed by atoms with Gasteiger partial charge in [0.25, 0.3) is 5.91 Å². The number of nitrogens with one attached hydrogen (secondary N) is 1. The Balaban J connectivity index is 2.18. The first-order valence-electron chi connectivity index (χ1n) is 5.35. The van der Waals surface area contributed by atoms with Crippen LogP contribution in [0.25, 0.3) is 0 Å². The highest BCUT2D eigenvalue weighted by Gasteiger charge is 2.22. The lowest BCUT2D eigenvalue weighted by molar-refractivity contribution is -0.00350. The van der Waals surface area contributed by atoms with Gasteiger partial charge in [-0.2, -0.15) is 0 Å². The molecule has 92 valence electrons. The van der Waals surface area contributed by atoms with Crippen molar-refractivity contribution >= 4 is 5.91 Å². The summed E-state index contributed by atoms with van der Waals surface area (Å²) in [6.45, 7) is 1.13. The summed E-state index contributed by atoms with van der Waals surface area (Å²) < 4.78 is 15.2. The van der Waals surface area contributed by atoms with Crippen LogP contribution in [-0.2, 0) is 4.74 Å². The van der Waals surface area contributed by atoms with Gasteiger partial charge in [-0.05, 0) is 18.2 Å². The van der Waals surface area contributed by atoms with E-state index in [-0.39, 0.29) is 11.9 Å². The summed E-state index contributed by atoms with van der Waals surface area (Å²) in [6.07, 6.45) is 0. The van der Waals surface area contributed by atoms with Crippen LogP contribution in [0, 0.1) is 0 Å². The summed E-state index contributed by atoms with van der Waals surface area (Å²) in [7, 11) is 3.09. The van der Waals surface area contributed by atoms with Gasteiger partial charge in [-0.25, -0.2) is 0 Å². The fraction of sp³-hybridized carbons (Fsp3) is 0.417. The summed E-state index contributed by atoms with van der Waals surface area (Å²) in [5.74, 6) is 0.985. The van der Waals surface area contributed by atoms with Crippen molar-refractivity contribution in [2.45, 2.75) is 6.04 Å². The molecular formula is C12H15NO4. The zero-order valence-electron chi connectivity index (χ0n) is 9.86. The molecule has 0 saturated carbocycles. The molecule has 17 heavy (non-hydrogen) atoms. The van der Waals surface area contributed by atoms with E-state index in [9.17, 15) is 4.79 Å². The molecule has 0 atom stereocenters. The highest BCUT2D eigenvalue weighted by atomic mass is 16.5. The molecule has 1 aromatic carbocycles. The molecule has 1 amide bonds. The second-order valence-corrected chi connectivity index (χ2v) is 3.77. The van der Waals surface area contributed by atoms with E-state index in [2.05, 4.69) is 5.32 Å². The second-order valence-electron chi connectivity index (χ2n) is 3.77. The van der Waals surface area contributed by atoms with Gasteiger partial charge in [0.1, 0.15) is 11.5 Å². The van der Waals surface area contributed by atoms with Gasteiger partial charge in [0.05, 0.1) is 39.0 Å². The number of carbonyl (C=O) groups is 1. The van der Waals surface area contributed by atoms with E-state index in [1.807, 2.05) is 0 Å². The Morgan fingerprint density at radius 1 is 1.35 bits per heavy atom. The molecule has 0 aromatic heterocycles. The third-order valence-corrected chi connectivity index (χ3v) is 2.62. The first-order valence-corrected chi connectivity index (χ1v) is 5.35. The molecule has 1 aliphatic heterocycles. The SMILES string of the molecule is COc1ccc(OC)c(C(=O)NC2COC2)c1. The lowest BCUT2D eigenvalue weighted by atomic mass is 10.1. The molecule has 0 bridgehead atoms. The van der Waals surface area contributed by atoms with Crippen LogP contribution >= 0.6 is 0 Å². The van der Waals surface area contributed by atoms with Gasteiger partial charge in [0.2, 0.25) is 0 Å². The molecule has 1 aliphatic rings. The highest BCUT2D eigenvalue weighted by Crippen LogP contribution is 2.24. The number of benzene rings is 1. The maximum Gasteiger partial charge on any atom is 0.255 e. The summed E-state index contributed by atoms with van der Waals surface area (Å²) in [5, 5.41) is 2.86. The molecule has 0 radical (unpaired) electrons. The maximum absolute atomic E-state index is 12.0.